The molecule has 0 saturated heterocycles. The number of benzene rings is 3. The highest BCUT2D eigenvalue weighted by atomic mass is 35.5. The second-order valence-electron chi connectivity index (χ2n) is 6.41. The normalized spacial score (nSPS) is 11.3. The molecule has 0 atom stereocenters. The molecule has 1 heterocycles. The van der Waals surface area contributed by atoms with Gasteiger partial charge >= 0.3 is 0 Å². The van der Waals surface area contributed by atoms with Gasteiger partial charge in [0.1, 0.15) is 12.4 Å². The standard InChI is InChI=1S/C22H17ClN2O3S/c23-18-8-10-21(11-9-18)29(26,27)25-19-6-3-4-16(12-19)15-28-20-13-17-5-1-2-7-22(17)24-14-20/h1-14,25H,15H2. The first-order chi connectivity index (χ1) is 14.0. The van der Waals surface area contributed by atoms with Crippen LogP contribution in [0.5, 0.6) is 5.75 Å². The molecule has 0 fully saturated rings. The van der Waals surface area contributed by atoms with E-state index in [4.69, 9.17) is 16.3 Å². The molecule has 3 aromatic carbocycles. The fourth-order valence-corrected chi connectivity index (χ4v) is 4.02. The lowest BCUT2D eigenvalue weighted by Crippen LogP contribution is -2.13. The molecular formula is C22H17ClN2O3S. The predicted octanol–water partition coefficient (Wildman–Crippen LogP) is 5.27. The van der Waals surface area contributed by atoms with Crippen LogP contribution in [0, 0.1) is 0 Å². The summed E-state index contributed by atoms with van der Waals surface area (Å²) in [6, 6.07) is 22.8. The Morgan fingerprint density at radius 1 is 0.931 bits per heavy atom. The maximum absolute atomic E-state index is 12.5. The van der Waals surface area contributed by atoms with Crippen LogP contribution in [0.2, 0.25) is 5.02 Å². The third kappa shape index (κ3) is 4.67. The molecule has 0 spiro atoms. The number of ether oxygens (including phenoxy) is 1. The summed E-state index contributed by atoms with van der Waals surface area (Å²) in [5, 5.41) is 1.47. The number of hydrogen-bond donors (Lipinski definition) is 1. The highest BCUT2D eigenvalue weighted by molar-refractivity contribution is 7.92. The third-order valence-corrected chi connectivity index (χ3v) is 5.92. The molecule has 4 rings (SSSR count). The molecule has 0 bridgehead atoms. The zero-order valence-electron chi connectivity index (χ0n) is 15.2. The minimum absolute atomic E-state index is 0.144. The summed E-state index contributed by atoms with van der Waals surface area (Å²) >= 11 is 5.83. The minimum atomic E-state index is -3.70. The zero-order chi connectivity index (χ0) is 20.3. The Bertz CT molecular complexity index is 1260. The maximum atomic E-state index is 12.5. The van der Waals surface area contributed by atoms with Crippen LogP contribution in [0.25, 0.3) is 10.9 Å². The molecule has 0 amide bonds. The number of fused-ring (bicyclic) bond motifs is 1. The van der Waals surface area contributed by atoms with Crippen molar-refractivity contribution in [3.63, 3.8) is 0 Å². The van der Waals surface area contributed by atoms with E-state index in [0.717, 1.165) is 16.5 Å². The summed E-state index contributed by atoms with van der Waals surface area (Å²) in [4.78, 5) is 4.52. The van der Waals surface area contributed by atoms with Crippen LogP contribution in [0.1, 0.15) is 5.56 Å². The van der Waals surface area contributed by atoms with E-state index in [2.05, 4.69) is 9.71 Å². The van der Waals surface area contributed by atoms with E-state index in [1.54, 1.807) is 24.4 Å². The van der Waals surface area contributed by atoms with E-state index in [1.807, 2.05) is 36.4 Å². The van der Waals surface area contributed by atoms with Gasteiger partial charge in [0, 0.05) is 16.1 Å². The Morgan fingerprint density at radius 3 is 2.55 bits per heavy atom. The lowest BCUT2D eigenvalue weighted by molar-refractivity contribution is 0.305. The van der Waals surface area contributed by atoms with Gasteiger partial charge in [-0.15, -0.1) is 0 Å². The molecule has 5 nitrogen and oxygen atoms in total. The predicted molar refractivity (Wildman–Crippen MR) is 115 cm³/mol. The van der Waals surface area contributed by atoms with Gasteiger partial charge in [0.25, 0.3) is 10.0 Å². The second kappa shape index (κ2) is 8.11. The van der Waals surface area contributed by atoms with Gasteiger partial charge in [0.05, 0.1) is 16.6 Å². The van der Waals surface area contributed by atoms with Crippen LogP contribution >= 0.6 is 11.6 Å². The van der Waals surface area contributed by atoms with E-state index in [9.17, 15) is 8.42 Å². The van der Waals surface area contributed by atoms with Crippen LogP contribution in [0.3, 0.4) is 0 Å². The molecule has 0 aliphatic rings. The van der Waals surface area contributed by atoms with Crippen molar-refractivity contribution in [3.05, 3.63) is 95.6 Å². The van der Waals surface area contributed by atoms with Crippen molar-refractivity contribution in [1.82, 2.24) is 4.98 Å². The SMILES string of the molecule is O=S(=O)(Nc1cccc(COc2cnc3ccccc3c2)c1)c1ccc(Cl)cc1. The lowest BCUT2D eigenvalue weighted by atomic mass is 10.2. The summed E-state index contributed by atoms with van der Waals surface area (Å²) in [5.74, 6) is 0.649. The van der Waals surface area contributed by atoms with Gasteiger partial charge in [0.15, 0.2) is 0 Å². The molecule has 1 N–H and O–H groups in total. The average molecular weight is 425 g/mol. The largest absolute Gasteiger partial charge is 0.487 e. The van der Waals surface area contributed by atoms with Crippen molar-refractivity contribution in [1.29, 1.82) is 0 Å². The number of hydrogen-bond acceptors (Lipinski definition) is 4. The molecule has 146 valence electrons. The van der Waals surface area contributed by atoms with Crippen LogP contribution in [0.15, 0.2) is 90.0 Å². The minimum Gasteiger partial charge on any atom is -0.487 e. The number of rotatable bonds is 6. The van der Waals surface area contributed by atoms with Crippen molar-refractivity contribution in [3.8, 4) is 5.75 Å². The Kier molecular flexibility index (Phi) is 5.38. The quantitative estimate of drug-likeness (QED) is 0.458. The van der Waals surface area contributed by atoms with Gasteiger partial charge in [-0.25, -0.2) is 8.42 Å². The molecule has 1 aromatic heterocycles. The summed E-state index contributed by atoms with van der Waals surface area (Å²) in [5.41, 5.74) is 2.19. The number of nitrogens with one attached hydrogen (secondary N) is 1. The number of aromatic nitrogens is 1. The van der Waals surface area contributed by atoms with Crippen LogP contribution in [-0.4, -0.2) is 13.4 Å². The number of para-hydroxylation sites is 1. The second-order valence-corrected chi connectivity index (χ2v) is 8.53. The van der Waals surface area contributed by atoms with Gasteiger partial charge in [-0.05, 0) is 54.1 Å². The third-order valence-electron chi connectivity index (χ3n) is 4.27. The monoisotopic (exact) mass is 424 g/mol. The van der Waals surface area contributed by atoms with E-state index < -0.39 is 10.0 Å². The topological polar surface area (TPSA) is 68.3 Å². The highest BCUT2D eigenvalue weighted by Gasteiger charge is 2.14. The Morgan fingerprint density at radius 2 is 1.72 bits per heavy atom. The van der Waals surface area contributed by atoms with Crippen molar-refractivity contribution in [2.45, 2.75) is 11.5 Å². The van der Waals surface area contributed by atoms with Crippen molar-refractivity contribution < 1.29 is 13.2 Å². The van der Waals surface area contributed by atoms with Crippen molar-refractivity contribution in [2.75, 3.05) is 4.72 Å². The smallest absolute Gasteiger partial charge is 0.261 e. The maximum Gasteiger partial charge on any atom is 0.261 e. The van der Waals surface area contributed by atoms with Gasteiger partial charge < -0.3 is 4.74 Å². The van der Waals surface area contributed by atoms with Crippen LogP contribution in [0.4, 0.5) is 5.69 Å². The highest BCUT2D eigenvalue weighted by Crippen LogP contribution is 2.21. The Balaban J connectivity index is 1.47. The van der Waals surface area contributed by atoms with Gasteiger partial charge in [-0.2, -0.15) is 0 Å². The molecule has 0 unspecified atom stereocenters. The van der Waals surface area contributed by atoms with Crippen molar-refractivity contribution in [2.24, 2.45) is 0 Å². The number of anilines is 1. The summed E-state index contributed by atoms with van der Waals surface area (Å²) < 4.78 is 33.5. The fraction of sp³-hybridized carbons (Fsp3) is 0.0455. The zero-order valence-corrected chi connectivity index (χ0v) is 16.8. The molecule has 0 radical (unpaired) electrons. The first-order valence-electron chi connectivity index (χ1n) is 8.84. The number of pyridine rings is 1. The van der Waals surface area contributed by atoms with E-state index in [-0.39, 0.29) is 11.5 Å². The fourth-order valence-electron chi connectivity index (χ4n) is 2.85. The Labute approximate surface area is 174 Å². The Hall–Kier alpha value is -3.09. The van der Waals surface area contributed by atoms with E-state index in [1.165, 1.54) is 24.3 Å². The first kappa shape index (κ1) is 19.2. The van der Waals surface area contributed by atoms with Gasteiger partial charge in [0.2, 0.25) is 0 Å². The molecule has 4 aromatic rings. The van der Waals surface area contributed by atoms with Crippen molar-refractivity contribution >= 4 is 38.2 Å². The number of halogens is 1. The molecule has 7 heteroatoms. The molecular weight excluding hydrogens is 408 g/mol. The lowest BCUT2D eigenvalue weighted by Gasteiger charge is -2.11. The number of sulfonamides is 1. The van der Waals surface area contributed by atoms with Crippen LogP contribution in [-0.2, 0) is 16.6 Å². The number of nitrogens with zero attached hydrogens (tertiary/aromatic N) is 1. The molecule has 0 saturated carbocycles. The van der Waals surface area contributed by atoms with Crippen LogP contribution < -0.4 is 9.46 Å². The summed E-state index contributed by atoms with van der Waals surface area (Å²) in [6.07, 6.45) is 1.68. The first-order valence-corrected chi connectivity index (χ1v) is 10.7. The van der Waals surface area contributed by atoms with Gasteiger partial charge in [-0.1, -0.05) is 41.9 Å². The average Bonchev–Trinajstić information content (AvgIpc) is 2.72. The van der Waals surface area contributed by atoms with E-state index in [0.29, 0.717) is 16.5 Å². The molecule has 29 heavy (non-hydrogen) atoms. The molecule has 0 aliphatic heterocycles. The molecule has 0 aliphatic carbocycles. The van der Waals surface area contributed by atoms with Gasteiger partial charge in [-0.3, -0.25) is 9.71 Å². The van der Waals surface area contributed by atoms with E-state index >= 15 is 0 Å². The summed E-state index contributed by atoms with van der Waals surface area (Å²) in [6.45, 7) is 0.288. The summed E-state index contributed by atoms with van der Waals surface area (Å²) in [7, 11) is -3.70.